The van der Waals surface area contributed by atoms with Crippen LogP contribution in [0.3, 0.4) is 0 Å². The first-order chi connectivity index (χ1) is 9.61. The van der Waals surface area contributed by atoms with Crippen molar-refractivity contribution in [1.29, 1.82) is 0 Å². The van der Waals surface area contributed by atoms with Gasteiger partial charge in [0.1, 0.15) is 0 Å². The third-order valence-corrected chi connectivity index (χ3v) is 5.87. The summed E-state index contributed by atoms with van der Waals surface area (Å²) in [5.41, 5.74) is -1.48. The standard InChI is InChI=1S/C13H15ClF3NO2S/c1-9-10(13(15,16)17)3-2-4-11(9)21(19,20)18-8-12(7-14)5-6-12/h2-4,18H,5-8H2,1H3. The van der Waals surface area contributed by atoms with Gasteiger partial charge in [0.15, 0.2) is 0 Å². The fraction of sp³-hybridized carbons (Fsp3) is 0.538. The second kappa shape index (κ2) is 5.44. The molecule has 1 aliphatic rings. The Morgan fingerprint density at radius 2 is 1.95 bits per heavy atom. The van der Waals surface area contributed by atoms with E-state index in [0.717, 1.165) is 31.9 Å². The summed E-state index contributed by atoms with van der Waals surface area (Å²) in [4.78, 5) is -0.345. The van der Waals surface area contributed by atoms with E-state index in [2.05, 4.69) is 4.72 Å². The van der Waals surface area contributed by atoms with E-state index in [1.165, 1.54) is 6.07 Å². The normalized spacial score (nSPS) is 17.8. The molecule has 8 heteroatoms. The Morgan fingerprint density at radius 1 is 1.33 bits per heavy atom. The molecule has 1 N–H and O–H groups in total. The zero-order valence-electron chi connectivity index (χ0n) is 11.3. The molecular formula is C13H15ClF3NO2S. The monoisotopic (exact) mass is 341 g/mol. The van der Waals surface area contributed by atoms with Crippen molar-refractivity contribution in [3.8, 4) is 0 Å². The lowest BCUT2D eigenvalue weighted by atomic mass is 10.1. The minimum atomic E-state index is -4.58. The van der Waals surface area contributed by atoms with Crippen molar-refractivity contribution in [3.05, 3.63) is 29.3 Å². The van der Waals surface area contributed by atoms with Gasteiger partial charge in [-0.3, -0.25) is 0 Å². The van der Waals surface area contributed by atoms with E-state index >= 15 is 0 Å². The SMILES string of the molecule is Cc1c(C(F)(F)F)cccc1S(=O)(=O)NCC1(CCl)CC1. The van der Waals surface area contributed by atoms with Crippen LogP contribution in [0, 0.1) is 12.3 Å². The van der Waals surface area contributed by atoms with Crippen molar-refractivity contribution >= 4 is 21.6 Å². The molecule has 0 atom stereocenters. The van der Waals surface area contributed by atoms with Gasteiger partial charge in [0.05, 0.1) is 10.5 Å². The maximum absolute atomic E-state index is 12.8. The Morgan fingerprint density at radius 3 is 2.43 bits per heavy atom. The van der Waals surface area contributed by atoms with Crippen LogP contribution in [0.25, 0.3) is 0 Å². The molecule has 0 aromatic heterocycles. The van der Waals surface area contributed by atoms with Gasteiger partial charge in [0.25, 0.3) is 0 Å². The van der Waals surface area contributed by atoms with E-state index in [1.54, 1.807) is 0 Å². The van der Waals surface area contributed by atoms with Crippen molar-refractivity contribution in [2.24, 2.45) is 5.41 Å². The highest BCUT2D eigenvalue weighted by Crippen LogP contribution is 2.46. The molecule has 0 aliphatic heterocycles. The van der Waals surface area contributed by atoms with Crippen LogP contribution in [0.4, 0.5) is 13.2 Å². The highest BCUT2D eigenvalue weighted by molar-refractivity contribution is 7.89. The van der Waals surface area contributed by atoms with Crippen LogP contribution in [0.15, 0.2) is 23.1 Å². The fourth-order valence-corrected chi connectivity index (χ4v) is 3.86. The third-order valence-electron chi connectivity index (χ3n) is 3.76. The molecule has 1 aromatic carbocycles. The zero-order valence-corrected chi connectivity index (χ0v) is 12.9. The molecule has 2 rings (SSSR count). The Labute approximate surface area is 126 Å². The molecule has 3 nitrogen and oxygen atoms in total. The van der Waals surface area contributed by atoms with Gasteiger partial charge >= 0.3 is 6.18 Å². The summed E-state index contributed by atoms with van der Waals surface area (Å²) in [6.45, 7) is 1.31. The first kappa shape index (κ1) is 16.6. The Balaban J connectivity index is 2.28. The van der Waals surface area contributed by atoms with E-state index in [1.807, 2.05) is 0 Å². The summed E-state index contributed by atoms with van der Waals surface area (Å²) >= 11 is 5.76. The average molecular weight is 342 g/mol. The number of alkyl halides is 4. The molecule has 0 radical (unpaired) electrons. The van der Waals surface area contributed by atoms with Gasteiger partial charge in [-0.2, -0.15) is 13.2 Å². The Kier molecular flexibility index (Phi) is 4.30. The Hall–Kier alpha value is -0.790. The lowest BCUT2D eigenvalue weighted by molar-refractivity contribution is -0.138. The summed E-state index contributed by atoms with van der Waals surface area (Å²) in [6.07, 6.45) is -2.94. The summed E-state index contributed by atoms with van der Waals surface area (Å²) < 4.78 is 65.2. The van der Waals surface area contributed by atoms with Gasteiger partial charge in [0.2, 0.25) is 10.0 Å². The molecule has 0 unspecified atom stereocenters. The molecule has 1 aromatic rings. The maximum atomic E-state index is 12.8. The molecule has 0 saturated heterocycles. The molecule has 0 amide bonds. The molecule has 1 saturated carbocycles. The quantitative estimate of drug-likeness (QED) is 0.835. The molecule has 118 valence electrons. The summed E-state index contributed by atoms with van der Waals surface area (Å²) in [5.74, 6) is 0.330. The number of hydrogen-bond acceptors (Lipinski definition) is 2. The molecule has 0 bridgehead atoms. The lowest BCUT2D eigenvalue weighted by Gasteiger charge is -2.16. The summed E-state index contributed by atoms with van der Waals surface area (Å²) in [5, 5.41) is 0. The van der Waals surface area contributed by atoms with Crippen molar-refractivity contribution in [2.45, 2.75) is 30.8 Å². The van der Waals surface area contributed by atoms with Gasteiger partial charge in [-0.15, -0.1) is 11.6 Å². The number of sulfonamides is 1. The first-order valence-corrected chi connectivity index (χ1v) is 8.36. The molecular weight excluding hydrogens is 327 g/mol. The minimum Gasteiger partial charge on any atom is -0.211 e. The van der Waals surface area contributed by atoms with E-state index in [9.17, 15) is 21.6 Å². The topological polar surface area (TPSA) is 46.2 Å². The average Bonchev–Trinajstić information content (AvgIpc) is 3.16. The van der Waals surface area contributed by atoms with E-state index in [4.69, 9.17) is 11.6 Å². The van der Waals surface area contributed by atoms with Gasteiger partial charge in [-0.25, -0.2) is 13.1 Å². The number of nitrogens with one attached hydrogen (secondary N) is 1. The van der Waals surface area contributed by atoms with Crippen molar-refractivity contribution < 1.29 is 21.6 Å². The minimum absolute atomic E-state index is 0.147. The van der Waals surface area contributed by atoms with Crippen LogP contribution in [-0.4, -0.2) is 20.8 Å². The van der Waals surface area contributed by atoms with E-state index in [0.29, 0.717) is 5.88 Å². The highest BCUT2D eigenvalue weighted by atomic mass is 35.5. The molecule has 0 spiro atoms. The largest absolute Gasteiger partial charge is 0.416 e. The van der Waals surface area contributed by atoms with Crippen LogP contribution in [0.1, 0.15) is 24.0 Å². The molecule has 1 fully saturated rings. The third kappa shape index (κ3) is 3.52. The second-order valence-corrected chi connectivity index (χ2v) is 7.39. The molecule has 0 heterocycles. The van der Waals surface area contributed by atoms with E-state index < -0.39 is 21.8 Å². The number of halogens is 4. The lowest BCUT2D eigenvalue weighted by Crippen LogP contribution is -2.31. The van der Waals surface area contributed by atoms with Crippen LogP contribution in [0.5, 0.6) is 0 Å². The molecule has 1 aliphatic carbocycles. The van der Waals surface area contributed by atoms with Gasteiger partial charge in [0, 0.05) is 12.4 Å². The van der Waals surface area contributed by atoms with Crippen LogP contribution < -0.4 is 4.72 Å². The second-order valence-electron chi connectivity index (χ2n) is 5.38. The highest BCUT2D eigenvalue weighted by Gasteiger charge is 2.42. The zero-order chi connectivity index (χ0) is 15.9. The van der Waals surface area contributed by atoms with Crippen molar-refractivity contribution in [1.82, 2.24) is 4.72 Å². The number of benzene rings is 1. The van der Waals surface area contributed by atoms with Crippen LogP contribution in [-0.2, 0) is 16.2 Å². The van der Waals surface area contributed by atoms with Crippen LogP contribution in [0.2, 0.25) is 0 Å². The molecule has 21 heavy (non-hydrogen) atoms. The summed E-state index contributed by atoms with van der Waals surface area (Å²) in [7, 11) is -3.99. The number of rotatable bonds is 5. The first-order valence-electron chi connectivity index (χ1n) is 6.34. The van der Waals surface area contributed by atoms with Gasteiger partial charge in [-0.05, 0) is 42.9 Å². The van der Waals surface area contributed by atoms with Gasteiger partial charge < -0.3 is 0 Å². The Bertz CT molecular complexity index is 639. The van der Waals surface area contributed by atoms with Crippen molar-refractivity contribution in [2.75, 3.05) is 12.4 Å². The predicted octanol–water partition coefficient (Wildman–Crippen LogP) is 3.31. The van der Waals surface area contributed by atoms with Gasteiger partial charge in [-0.1, -0.05) is 6.07 Å². The van der Waals surface area contributed by atoms with Crippen molar-refractivity contribution in [3.63, 3.8) is 0 Å². The smallest absolute Gasteiger partial charge is 0.211 e. The van der Waals surface area contributed by atoms with Crippen LogP contribution >= 0.6 is 11.6 Å². The van der Waals surface area contributed by atoms with E-state index in [-0.39, 0.29) is 22.4 Å². The maximum Gasteiger partial charge on any atom is 0.416 e. The predicted molar refractivity (Wildman–Crippen MR) is 73.8 cm³/mol. The summed E-state index contributed by atoms with van der Waals surface area (Å²) in [6, 6.07) is 3.14. The number of hydrogen-bond donors (Lipinski definition) is 1. The fourth-order valence-electron chi connectivity index (χ4n) is 2.07.